The molecule has 0 aliphatic carbocycles. The van der Waals surface area contributed by atoms with Gasteiger partial charge < -0.3 is 4.74 Å². The van der Waals surface area contributed by atoms with Gasteiger partial charge in [0.15, 0.2) is 5.72 Å². The number of aromatic amines is 1. The third kappa shape index (κ3) is 2.45. The lowest BCUT2D eigenvalue weighted by Crippen LogP contribution is -2.36. The van der Waals surface area contributed by atoms with Gasteiger partial charge in [0, 0.05) is 9.34 Å². The molecule has 10 heteroatoms. The Balaban J connectivity index is 2.43. The van der Waals surface area contributed by atoms with Crippen molar-refractivity contribution in [2.45, 2.75) is 25.3 Å². The van der Waals surface area contributed by atoms with E-state index in [9.17, 15) is 14.0 Å². The van der Waals surface area contributed by atoms with E-state index < -0.39 is 29.0 Å². The third-order valence-electron chi connectivity index (χ3n) is 3.31. The van der Waals surface area contributed by atoms with Crippen LogP contribution in [0.2, 0.25) is 0 Å². The van der Waals surface area contributed by atoms with Gasteiger partial charge in [0.2, 0.25) is 5.82 Å². The minimum atomic E-state index is -1.08. The lowest BCUT2D eigenvalue weighted by molar-refractivity contribution is -0.0641. The number of hydrogen-bond donors (Lipinski definition) is 1. The molecule has 1 aliphatic rings. The quantitative estimate of drug-likeness (QED) is 0.276. The summed E-state index contributed by atoms with van der Waals surface area (Å²) in [5.41, 5.74) is 5.71. The van der Waals surface area contributed by atoms with E-state index in [4.69, 9.17) is 10.3 Å². The molecule has 1 N–H and O–H groups in total. The highest BCUT2D eigenvalue weighted by Gasteiger charge is 2.46. The van der Waals surface area contributed by atoms with Gasteiger partial charge in [0.1, 0.15) is 6.23 Å². The summed E-state index contributed by atoms with van der Waals surface area (Å²) in [4.78, 5) is 27.3. The molecular formula is C10H11FIN5O3. The zero-order chi connectivity index (χ0) is 14.9. The van der Waals surface area contributed by atoms with E-state index >= 15 is 0 Å². The van der Waals surface area contributed by atoms with E-state index in [0.29, 0.717) is 10.8 Å². The molecule has 3 atom stereocenters. The van der Waals surface area contributed by atoms with Crippen LogP contribution in [0.3, 0.4) is 0 Å². The van der Waals surface area contributed by atoms with Crippen molar-refractivity contribution in [3.63, 3.8) is 0 Å². The highest BCUT2D eigenvalue weighted by molar-refractivity contribution is 14.1. The van der Waals surface area contributed by atoms with Crippen molar-refractivity contribution in [1.29, 1.82) is 0 Å². The molecule has 0 spiro atoms. The van der Waals surface area contributed by atoms with Crippen molar-refractivity contribution in [3.8, 4) is 0 Å². The molecule has 0 unspecified atom stereocenters. The Bertz CT molecular complexity index is 682. The predicted molar refractivity (Wildman–Crippen MR) is 75.9 cm³/mol. The summed E-state index contributed by atoms with van der Waals surface area (Å²) in [6.45, 7) is 1.82. The van der Waals surface area contributed by atoms with Crippen molar-refractivity contribution in [3.05, 3.63) is 43.3 Å². The van der Waals surface area contributed by atoms with E-state index in [1.807, 2.05) is 34.5 Å². The standard InChI is InChI=1S/C10H11FIN5O3/c1-5-2-7(20-10(5,4-12)15-16-13)17-3-6(11)8(18)14-9(17)19/h3,5,7H,2,4H2,1H3,(H,14,18,19)/t5-,7+,10+/m0/s1. The largest absolute Gasteiger partial charge is 0.344 e. The lowest BCUT2D eigenvalue weighted by Gasteiger charge is -2.25. The van der Waals surface area contributed by atoms with Gasteiger partial charge in [-0.05, 0) is 17.9 Å². The number of azide groups is 1. The highest BCUT2D eigenvalue weighted by atomic mass is 127. The van der Waals surface area contributed by atoms with Gasteiger partial charge in [-0.1, -0.05) is 34.6 Å². The van der Waals surface area contributed by atoms with Crippen molar-refractivity contribution in [2.75, 3.05) is 4.43 Å². The van der Waals surface area contributed by atoms with Crippen LogP contribution in [-0.4, -0.2) is 19.7 Å². The molecule has 20 heavy (non-hydrogen) atoms. The molecule has 0 radical (unpaired) electrons. The van der Waals surface area contributed by atoms with Gasteiger partial charge in [-0.3, -0.25) is 14.3 Å². The fourth-order valence-corrected chi connectivity index (χ4v) is 3.20. The van der Waals surface area contributed by atoms with Crippen LogP contribution in [-0.2, 0) is 4.74 Å². The predicted octanol–water partition coefficient (Wildman–Crippen LogP) is 1.67. The Labute approximate surface area is 125 Å². The van der Waals surface area contributed by atoms with Crippen LogP contribution < -0.4 is 11.2 Å². The first-order valence-electron chi connectivity index (χ1n) is 5.74. The maximum atomic E-state index is 13.3. The van der Waals surface area contributed by atoms with E-state index in [0.717, 1.165) is 10.8 Å². The number of halogens is 2. The van der Waals surface area contributed by atoms with Crippen molar-refractivity contribution in [1.82, 2.24) is 9.55 Å². The number of H-pyrrole nitrogens is 1. The van der Waals surface area contributed by atoms with Gasteiger partial charge in [-0.15, -0.1) is 0 Å². The third-order valence-corrected chi connectivity index (χ3v) is 4.40. The monoisotopic (exact) mass is 395 g/mol. The molecule has 0 bridgehead atoms. The van der Waals surface area contributed by atoms with Gasteiger partial charge in [0.05, 0.1) is 6.20 Å². The Morgan fingerprint density at radius 1 is 1.75 bits per heavy atom. The first kappa shape index (κ1) is 15.0. The van der Waals surface area contributed by atoms with Crippen LogP contribution >= 0.6 is 22.6 Å². The van der Waals surface area contributed by atoms with Crippen LogP contribution in [0.25, 0.3) is 10.4 Å². The molecular weight excluding hydrogens is 384 g/mol. The molecule has 8 nitrogen and oxygen atoms in total. The number of aromatic nitrogens is 2. The Hall–Kier alpha value is -1.39. The maximum Gasteiger partial charge on any atom is 0.330 e. The molecule has 0 saturated carbocycles. The van der Waals surface area contributed by atoms with Crippen LogP contribution in [0.1, 0.15) is 19.6 Å². The summed E-state index contributed by atoms with van der Waals surface area (Å²) in [5, 5.41) is 3.67. The number of alkyl halides is 1. The number of rotatable bonds is 3. The Morgan fingerprint density at radius 2 is 2.45 bits per heavy atom. The van der Waals surface area contributed by atoms with Gasteiger partial charge >= 0.3 is 5.69 Å². The average molecular weight is 395 g/mol. The summed E-state index contributed by atoms with van der Waals surface area (Å²) in [5.74, 6) is -1.22. The first-order valence-corrected chi connectivity index (χ1v) is 7.27. The second-order valence-corrected chi connectivity index (χ2v) is 5.28. The van der Waals surface area contributed by atoms with Crippen molar-refractivity contribution < 1.29 is 9.13 Å². The van der Waals surface area contributed by atoms with Crippen molar-refractivity contribution in [2.24, 2.45) is 11.0 Å². The normalized spacial score (nSPS) is 29.1. The first-order chi connectivity index (χ1) is 9.43. The van der Waals surface area contributed by atoms with Crippen molar-refractivity contribution >= 4 is 22.6 Å². The fraction of sp³-hybridized carbons (Fsp3) is 0.600. The minimum absolute atomic E-state index is 0.151. The van der Waals surface area contributed by atoms with Gasteiger partial charge in [-0.25, -0.2) is 4.79 Å². The van der Waals surface area contributed by atoms with Crippen LogP contribution in [0.5, 0.6) is 0 Å². The molecule has 0 aromatic carbocycles. The minimum Gasteiger partial charge on any atom is -0.344 e. The summed E-state index contributed by atoms with van der Waals surface area (Å²) in [6.07, 6.45) is 0.384. The van der Waals surface area contributed by atoms with E-state index in [2.05, 4.69) is 10.0 Å². The highest BCUT2D eigenvalue weighted by Crippen LogP contribution is 2.42. The summed E-state index contributed by atoms with van der Waals surface area (Å²) in [6, 6.07) is 0. The lowest BCUT2D eigenvalue weighted by atomic mass is 9.99. The molecule has 2 heterocycles. The summed E-state index contributed by atoms with van der Waals surface area (Å²) >= 11 is 2.02. The number of hydrogen-bond acceptors (Lipinski definition) is 4. The topological polar surface area (TPSA) is 113 Å². The second-order valence-electron chi connectivity index (χ2n) is 4.52. The Morgan fingerprint density at radius 3 is 3.05 bits per heavy atom. The molecule has 0 amide bonds. The average Bonchev–Trinajstić information content (AvgIpc) is 2.72. The maximum absolute atomic E-state index is 13.3. The van der Waals surface area contributed by atoms with Gasteiger partial charge in [0.25, 0.3) is 5.56 Å². The number of nitrogens with zero attached hydrogens (tertiary/aromatic N) is 4. The molecule has 2 rings (SSSR count). The van der Waals surface area contributed by atoms with E-state index in [1.165, 1.54) is 0 Å². The number of nitrogens with one attached hydrogen (secondary N) is 1. The second kappa shape index (κ2) is 5.54. The molecule has 1 aliphatic heterocycles. The zero-order valence-corrected chi connectivity index (χ0v) is 12.6. The molecule has 108 valence electrons. The molecule has 1 aromatic heterocycles. The zero-order valence-electron chi connectivity index (χ0n) is 10.4. The number of ether oxygens (including phenoxy) is 1. The van der Waals surface area contributed by atoms with Gasteiger partial charge in [-0.2, -0.15) is 4.39 Å². The Kier molecular flexibility index (Phi) is 4.16. The van der Waals surface area contributed by atoms with E-state index in [1.54, 1.807) is 0 Å². The van der Waals surface area contributed by atoms with E-state index in [-0.39, 0.29) is 5.92 Å². The summed E-state index contributed by atoms with van der Waals surface area (Å²) in [7, 11) is 0. The SMILES string of the molecule is C[C@H]1C[C@H](n2cc(F)c(=O)[nH]c2=O)O[C@@]1(CI)N=[N+]=[N-]. The van der Waals surface area contributed by atoms with Crippen LogP contribution in [0.4, 0.5) is 4.39 Å². The molecule has 1 fully saturated rings. The molecule has 1 aromatic rings. The van der Waals surface area contributed by atoms with Crippen LogP contribution in [0, 0.1) is 11.7 Å². The smallest absolute Gasteiger partial charge is 0.330 e. The van der Waals surface area contributed by atoms with Crippen LogP contribution in [0.15, 0.2) is 20.9 Å². The summed E-state index contributed by atoms with van der Waals surface area (Å²) < 4.78 is 20.3. The fourth-order valence-electron chi connectivity index (χ4n) is 2.12. The molecule has 1 saturated heterocycles.